The fourth-order valence-electron chi connectivity index (χ4n) is 2.82. The van der Waals surface area contributed by atoms with E-state index >= 15 is 0 Å². The molecule has 0 spiro atoms. The predicted octanol–water partition coefficient (Wildman–Crippen LogP) is 1.60. The highest BCUT2D eigenvalue weighted by Gasteiger charge is 2.24. The maximum Gasteiger partial charge on any atom is 0.244 e. The molecule has 1 atom stereocenters. The molecular weight excluding hydrogens is 280 g/mol. The van der Waals surface area contributed by atoms with Gasteiger partial charge in [-0.3, -0.25) is 4.90 Å². The molecule has 0 radical (unpaired) electrons. The van der Waals surface area contributed by atoms with Gasteiger partial charge in [-0.25, -0.2) is 0 Å². The molecule has 0 aliphatic carbocycles. The molecule has 116 valence electrons. The first kappa shape index (κ1) is 13.9. The average molecular weight is 300 g/mol. The van der Waals surface area contributed by atoms with Crippen LogP contribution in [0.15, 0.2) is 28.8 Å². The van der Waals surface area contributed by atoms with Gasteiger partial charge in [-0.1, -0.05) is 23.4 Å². The average Bonchev–Trinajstić information content (AvgIpc) is 2.96. The molecule has 0 bridgehead atoms. The summed E-state index contributed by atoms with van der Waals surface area (Å²) in [6.45, 7) is 5.59. The first-order valence-electron chi connectivity index (χ1n) is 7.85. The summed E-state index contributed by atoms with van der Waals surface area (Å²) in [4.78, 5) is 6.92. The Hall–Kier alpha value is -1.76. The summed E-state index contributed by atoms with van der Waals surface area (Å²) in [6.07, 6.45) is 1.07. The van der Waals surface area contributed by atoms with Crippen molar-refractivity contribution in [2.75, 3.05) is 32.8 Å². The zero-order valence-electron chi connectivity index (χ0n) is 12.5. The molecular formula is C16H20N4O2. The Morgan fingerprint density at radius 1 is 1.27 bits per heavy atom. The number of rotatable bonds is 4. The standard InChI is InChI=1S/C16H20N4O2/c1-2-12(11-20-6-8-21-9-7-20)10-13(3-1)15-18-16(22-19-15)14-4-5-17-14/h1-3,10,14,17H,4-9,11H2/t14-/m1/s1. The summed E-state index contributed by atoms with van der Waals surface area (Å²) >= 11 is 0. The van der Waals surface area contributed by atoms with Crippen molar-refractivity contribution >= 4 is 0 Å². The number of hydrogen-bond donors (Lipinski definition) is 1. The van der Waals surface area contributed by atoms with Gasteiger partial charge in [0.25, 0.3) is 0 Å². The fourth-order valence-corrected chi connectivity index (χ4v) is 2.82. The van der Waals surface area contributed by atoms with Crippen molar-refractivity contribution in [2.45, 2.75) is 19.0 Å². The molecule has 22 heavy (non-hydrogen) atoms. The molecule has 1 aromatic carbocycles. The van der Waals surface area contributed by atoms with Crippen LogP contribution in [0.25, 0.3) is 11.4 Å². The second kappa shape index (κ2) is 6.16. The van der Waals surface area contributed by atoms with Crippen LogP contribution >= 0.6 is 0 Å². The highest BCUT2D eigenvalue weighted by molar-refractivity contribution is 5.55. The minimum Gasteiger partial charge on any atom is -0.379 e. The molecule has 2 aliphatic heterocycles. The van der Waals surface area contributed by atoms with E-state index in [2.05, 4.69) is 38.6 Å². The Morgan fingerprint density at radius 3 is 2.91 bits per heavy atom. The summed E-state index contributed by atoms with van der Waals surface area (Å²) in [5.41, 5.74) is 2.28. The highest BCUT2D eigenvalue weighted by Crippen LogP contribution is 2.24. The van der Waals surface area contributed by atoms with Gasteiger partial charge >= 0.3 is 0 Å². The van der Waals surface area contributed by atoms with Gasteiger partial charge in [-0.2, -0.15) is 4.98 Å². The highest BCUT2D eigenvalue weighted by atomic mass is 16.5. The van der Waals surface area contributed by atoms with Crippen molar-refractivity contribution in [1.29, 1.82) is 0 Å². The molecule has 0 unspecified atom stereocenters. The quantitative estimate of drug-likeness (QED) is 0.925. The second-order valence-corrected chi connectivity index (χ2v) is 5.84. The molecule has 0 amide bonds. The van der Waals surface area contributed by atoms with Gasteiger partial charge in [0.2, 0.25) is 11.7 Å². The van der Waals surface area contributed by atoms with Crippen LogP contribution in [0.5, 0.6) is 0 Å². The summed E-state index contributed by atoms with van der Waals surface area (Å²) < 4.78 is 10.8. The van der Waals surface area contributed by atoms with Crippen LogP contribution in [0, 0.1) is 0 Å². The second-order valence-electron chi connectivity index (χ2n) is 5.84. The molecule has 2 saturated heterocycles. The third-order valence-electron chi connectivity index (χ3n) is 4.26. The largest absolute Gasteiger partial charge is 0.379 e. The number of ether oxygens (including phenoxy) is 1. The van der Waals surface area contributed by atoms with Crippen molar-refractivity contribution in [2.24, 2.45) is 0 Å². The van der Waals surface area contributed by atoms with E-state index in [0.29, 0.717) is 11.7 Å². The van der Waals surface area contributed by atoms with Crippen LogP contribution in [0.3, 0.4) is 0 Å². The minimum atomic E-state index is 0.234. The minimum absolute atomic E-state index is 0.234. The lowest BCUT2D eigenvalue weighted by molar-refractivity contribution is 0.0342. The summed E-state index contributed by atoms with van der Waals surface area (Å²) in [6, 6.07) is 8.62. The maximum atomic E-state index is 5.39. The monoisotopic (exact) mass is 300 g/mol. The summed E-state index contributed by atoms with van der Waals surface area (Å²) in [5, 5.41) is 7.39. The van der Waals surface area contributed by atoms with Crippen LogP contribution in [-0.4, -0.2) is 47.9 Å². The number of hydrogen-bond acceptors (Lipinski definition) is 6. The number of morpholine rings is 1. The summed E-state index contributed by atoms with van der Waals surface area (Å²) in [5.74, 6) is 1.37. The fraction of sp³-hybridized carbons (Fsp3) is 0.500. The van der Waals surface area contributed by atoms with Crippen molar-refractivity contribution in [3.8, 4) is 11.4 Å². The van der Waals surface area contributed by atoms with E-state index in [1.807, 2.05) is 6.07 Å². The first-order chi connectivity index (χ1) is 10.9. The van der Waals surface area contributed by atoms with Gasteiger partial charge in [-0.05, 0) is 24.6 Å². The van der Waals surface area contributed by atoms with Crippen LogP contribution < -0.4 is 5.32 Å². The van der Waals surface area contributed by atoms with E-state index in [4.69, 9.17) is 9.26 Å². The molecule has 0 saturated carbocycles. The van der Waals surface area contributed by atoms with E-state index in [1.165, 1.54) is 5.56 Å². The third-order valence-corrected chi connectivity index (χ3v) is 4.26. The predicted molar refractivity (Wildman–Crippen MR) is 81.2 cm³/mol. The molecule has 6 nitrogen and oxygen atoms in total. The Morgan fingerprint density at radius 2 is 2.14 bits per heavy atom. The first-order valence-corrected chi connectivity index (χ1v) is 7.85. The molecule has 6 heteroatoms. The van der Waals surface area contributed by atoms with E-state index in [9.17, 15) is 0 Å². The SMILES string of the molecule is c1cc(CN2CCOCC2)cc(-c2noc([C@H]3CCN3)n2)c1. The zero-order chi connectivity index (χ0) is 14.8. The molecule has 2 aromatic rings. The Bertz CT molecular complexity index is 633. The molecule has 1 N–H and O–H groups in total. The van der Waals surface area contributed by atoms with Gasteiger partial charge < -0.3 is 14.6 Å². The maximum absolute atomic E-state index is 5.39. The third kappa shape index (κ3) is 2.90. The van der Waals surface area contributed by atoms with Crippen LogP contribution in [0.4, 0.5) is 0 Å². The lowest BCUT2D eigenvalue weighted by Gasteiger charge is -2.26. The van der Waals surface area contributed by atoms with Crippen LogP contribution in [-0.2, 0) is 11.3 Å². The summed E-state index contributed by atoms with van der Waals surface area (Å²) in [7, 11) is 0. The van der Waals surface area contributed by atoms with Crippen LogP contribution in [0.2, 0.25) is 0 Å². The lowest BCUT2D eigenvalue weighted by Crippen LogP contribution is -2.35. The normalized spacial score (nSPS) is 22.5. The van der Waals surface area contributed by atoms with E-state index in [0.717, 1.165) is 51.4 Å². The van der Waals surface area contributed by atoms with Gasteiger partial charge in [-0.15, -0.1) is 0 Å². The molecule has 4 rings (SSSR count). The molecule has 3 heterocycles. The van der Waals surface area contributed by atoms with Gasteiger partial charge in [0.05, 0.1) is 19.3 Å². The van der Waals surface area contributed by atoms with Gasteiger partial charge in [0.1, 0.15) is 0 Å². The van der Waals surface area contributed by atoms with Gasteiger partial charge in [0.15, 0.2) is 0 Å². The Labute approximate surface area is 129 Å². The number of aromatic nitrogens is 2. The topological polar surface area (TPSA) is 63.4 Å². The molecule has 2 aliphatic rings. The Kier molecular flexibility index (Phi) is 3.88. The lowest BCUT2D eigenvalue weighted by atomic mass is 10.1. The van der Waals surface area contributed by atoms with Crippen LogP contribution in [0.1, 0.15) is 23.9 Å². The Balaban J connectivity index is 1.49. The van der Waals surface area contributed by atoms with Crippen molar-refractivity contribution < 1.29 is 9.26 Å². The van der Waals surface area contributed by atoms with Crippen molar-refractivity contribution in [3.63, 3.8) is 0 Å². The number of benzene rings is 1. The van der Waals surface area contributed by atoms with Crippen molar-refractivity contribution in [3.05, 3.63) is 35.7 Å². The van der Waals surface area contributed by atoms with Gasteiger partial charge in [0, 0.05) is 25.2 Å². The molecule has 2 fully saturated rings. The smallest absolute Gasteiger partial charge is 0.244 e. The molecule has 1 aromatic heterocycles. The van der Waals surface area contributed by atoms with E-state index in [1.54, 1.807) is 0 Å². The number of nitrogens with one attached hydrogen (secondary N) is 1. The zero-order valence-corrected chi connectivity index (χ0v) is 12.5. The van der Waals surface area contributed by atoms with E-state index in [-0.39, 0.29) is 6.04 Å². The number of nitrogens with zero attached hydrogens (tertiary/aromatic N) is 3. The van der Waals surface area contributed by atoms with E-state index < -0.39 is 0 Å². The van der Waals surface area contributed by atoms with Crippen molar-refractivity contribution in [1.82, 2.24) is 20.4 Å².